The number of carbonyl (C=O) groups excluding carboxylic acids is 2. The lowest BCUT2D eigenvalue weighted by Gasteiger charge is -2.10. The molecule has 0 saturated heterocycles. The molecule has 0 amide bonds. The number of hydrogen-bond donors (Lipinski definition) is 0. The van der Waals surface area contributed by atoms with E-state index in [1.807, 2.05) is 24.3 Å². The maximum atomic E-state index is 12.7. The third-order valence-corrected chi connectivity index (χ3v) is 3.91. The average Bonchev–Trinajstić information content (AvgIpc) is 2.62. The summed E-state index contributed by atoms with van der Waals surface area (Å²) < 4.78 is 0. The molecule has 0 N–H and O–H groups in total. The van der Waals surface area contributed by atoms with Crippen molar-refractivity contribution >= 4 is 23.2 Å². The summed E-state index contributed by atoms with van der Waals surface area (Å²) in [6.07, 6.45) is 0. The van der Waals surface area contributed by atoms with Crippen LogP contribution in [0.3, 0.4) is 0 Å². The Kier molecular flexibility index (Phi) is 4.35. The Morgan fingerprint density at radius 2 is 1.17 bits per heavy atom. The van der Waals surface area contributed by atoms with Crippen molar-refractivity contribution < 1.29 is 9.59 Å². The average molecular weight is 321 g/mol. The SMILES string of the molecule is O=C(C(=O)c1ccccc1-c1ccccc1Cl)c1ccccc1. The van der Waals surface area contributed by atoms with Gasteiger partial charge in [0.1, 0.15) is 0 Å². The van der Waals surface area contributed by atoms with E-state index in [2.05, 4.69) is 0 Å². The second-order valence-corrected chi connectivity index (χ2v) is 5.46. The number of halogens is 1. The Hall–Kier alpha value is -2.71. The fourth-order valence-corrected chi connectivity index (χ4v) is 2.68. The van der Waals surface area contributed by atoms with Crippen LogP contribution in [0.15, 0.2) is 78.9 Å². The third kappa shape index (κ3) is 3.08. The zero-order valence-corrected chi connectivity index (χ0v) is 13.0. The standard InChI is InChI=1S/C20H13ClO2/c21-18-13-7-6-11-16(18)15-10-4-5-12-17(15)20(23)19(22)14-8-2-1-3-9-14/h1-13H. The van der Waals surface area contributed by atoms with Gasteiger partial charge >= 0.3 is 0 Å². The van der Waals surface area contributed by atoms with Crippen molar-refractivity contribution in [1.82, 2.24) is 0 Å². The number of rotatable bonds is 4. The Bertz CT molecular complexity index is 870. The number of hydrogen-bond acceptors (Lipinski definition) is 2. The van der Waals surface area contributed by atoms with Crippen LogP contribution in [0.5, 0.6) is 0 Å². The van der Waals surface area contributed by atoms with Crippen LogP contribution in [0.4, 0.5) is 0 Å². The van der Waals surface area contributed by atoms with Crippen molar-refractivity contribution in [3.8, 4) is 11.1 Å². The lowest BCUT2D eigenvalue weighted by atomic mass is 9.93. The van der Waals surface area contributed by atoms with Crippen molar-refractivity contribution in [2.24, 2.45) is 0 Å². The van der Waals surface area contributed by atoms with Crippen LogP contribution in [0.1, 0.15) is 20.7 Å². The van der Waals surface area contributed by atoms with Crippen molar-refractivity contribution in [2.45, 2.75) is 0 Å². The fraction of sp³-hybridized carbons (Fsp3) is 0. The molecule has 0 bridgehead atoms. The normalized spacial score (nSPS) is 10.3. The predicted molar refractivity (Wildman–Crippen MR) is 92.0 cm³/mol. The molecule has 23 heavy (non-hydrogen) atoms. The van der Waals surface area contributed by atoms with E-state index in [1.165, 1.54) is 0 Å². The summed E-state index contributed by atoms with van der Waals surface area (Å²) in [5.41, 5.74) is 2.13. The number of ketones is 2. The van der Waals surface area contributed by atoms with Crippen LogP contribution in [-0.4, -0.2) is 11.6 Å². The largest absolute Gasteiger partial charge is 0.285 e. The maximum absolute atomic E-state index is 12.7. The predicted octanol–water partition coefficient (Wildman–Crippen LogP) is 5.07. The van der Waals surface area contributed by atoms with Crippen molar-refractivity contribution in [3.05, 3.63) is 95.0 Å². The molecule has 0 fully saturated rings. The van der Waals surface area contributed by atoms with Gasteiger partial charge < -0.3 is 0 Å². The molecule has 0 spiro atoms. The second-order valence-electron chi connectivity index (χ2n) is 5.05. The van der Waals surface area contributed by atoms with Crippen LogP contribution in [-0.2, 0) is 0 Å². The second kappa shape index (κ2) is 6.59. The molecule has 112 valence electrons. The minimum atomic E-state index is -0.535. The zero-order valence-electron chi connectivity index (χ0n) is 12.2. The Morgan fingerprint density at radius 3 is 1.87 bits per heavy atom. The van der Waals surface area contributed by atoms with Gasteiger partial charge in [-0.15, -0.1) is 0 Å². The third-order valence-electron chi connectivity index (χ3n) is 3.58. The van der Waals surface area contributed by atoms with Crippen molar-refractivity contribution in [1.29, 1.82) is 0 Å². The molecular weight excluding hydrogens is 308 g/mol. The molecule has 3 aromatic rings. The highest BCUT2D eigenvalue weighted by atomic mass is 35.5. The molecule has 0 aliphatic carbocycles. The molecule has 3 aromatic carbocycles. The minimum Gasteiger partial charge on any atom is -0.285 e. The lowest BCUT2D eigenvalue weighted by molar-refractivity contribution is 0.0817. The first-order chi connectivity index (χ1) is 11.2. The van der Waals surface area contributed by atoms with E-state index in [4.69, 9.17) is 11.6 Å². The molecule has 3 rings (SSSR count). The molecule has 0 aliphatic rings. The van der Waals surface area contributed by atoms with Gasteiger partial charge in [0.25, 0.3) is 0 Å². The van der Waals surface area contributed by atoms with Crippen LogP contribution in [0.2, 0.25) is 5.02 Å². The molecule has 2 nitrogen and oxygen atoms in total. The van der Waals surface area contributed by atoms with Gasteiger partial charge in [-0.2, -0.15) is 0 Å². The van der Waals surface area contributed by atoms with E-state index >= 15 is 0 Å². The summed E-state index contributed by atoms with van der Waals surface area (Å²) in [5, 5.41) is 0.542. The summed E-state index contributed by atoms with van der Waals surface area (Å²) in [6, 6.07) is 22.8. The summed E-state index contributed by atoms with van der Waals surface area (Å²) in [7, 11) is 0. The fourth-order valence-electron chi connectivity index (χ4n) is 2.44. The van der Waals surface area contributed by atoms with E-state index in [0.29, 0.717) is 21.7 Å². The van der Waals surface area contributed by atoms with E-state index in [0.717, 1.165) is 5.56 Å². The smallest absolute Gasteiger partial charge is 0.234 e. The summed E-state index contributed by atoms with van der Waals surface area (Å²) in [4.78, 5) is 25.1. The number of Topliss-reactive ketones (excluding diaryl/α,β-unsaturated/α-hetero) is 2. The molecule has 0 aliphatic heterocycles. The summed E-state index contributed by atoms with van der Waals surface area (Å²) in [6.45, 7) is 0. The van der Waals surface area contributed by atoms with Gasteiger partial charge in [-0.05, 0) is 11.6 Å². The van der Waals surface area contributed by atoms with Crippen molar-refractivity contribution in [2.75, 3.05) is 0 Å². The van der Waals surface area contributed by atoms with E-state index in [1.54, 1.807) is 54.6 Å². The first kappa shape index (κ1) is 15.2. The van der Waals surface area contributed by atoms with Gasteiger partial charge in [-0.1, -0.05) is 84.4 Å². The first-order valence-electron chi connectivity index (χ1n) is 7.16. The molecule has 0 atom stereocenters. The van der Waals surface area contributed by atoms with Gasteiger partial charge in [0.05, 0.1) is 0 Å². The van der Waals surface area contributed by atoms with Crippen LogP contribution in [0, 0.1) is 0 Å². The first-order valence-corrected chi connectivity index (χ1v) is 7.54. The topological polar surface area (TPSA) is 34.1 Å². The highest BCUT2D eigenvalue weighted by Gasteiger charge is 2.21. The highest BCUT2D eigenvalue weighted by Crippen LogP contribution is 2.30. The Morgan fingerprint density at radius 1 is 0.609 bits per heavy atom. The molecule has 0 radical (unpaired) electrons. The Labute approximate surface area is 139 Å². The molecule has 0 saturated carbocycles. The summed E-state index contributed by atoms with van der Waals surface area (Å²) in [5.74, 6) is -1.06. The molecule has 0 aromatic heterocycles. The molecule has 3 heteroatoms. The maximum Gasteiger partial charge on any atom is 0.234 e. The monoisotopic (exact) mass is 320 g/mol. The zero-order chi connectivity index (χ0) is 16.2. The van der Waals surface area contributed by atoms with Gasteiger partial charge in [-0.25, -0.2) is 0 Å². The van der Waals surface area contributed by atoms with Gasteiger partial charge in [-0.3, -0.25) is 9.59 Å². The quantitative estimate of drug-likeness (QED) is 0.496. The Balaban J connectivity index is 2.06. The molecule has 0 unspecified atom stereocenters. The number of benzene rings is 3. The van der Waals surface area contributed by atoms with E-state index in [-0.39, 0.29) is 0 Å². The minimum absolute atomic E-state index is 0.356. The molecule has 0 heterocycles. The van der Waals surface area contributed by atoms with Crippen LogP contribution in [0.25, 0.3) is 11.1 Å². The van der Waals surface area contributed by atoms with Crippen LogP contribution >= 0.6 is 11.6 Å². The van der Waals surface area contributed by atoms with Gasteiger partial charge in [0.15, 0.2) is 0 Å². The number of carbonyl (C=O) groups is 2. The van der Waals surface area contributed by atoms with Gasteiger partial charge in [0, 0.05) is 21.7 Å². The summed E-state index contributed by atoms with van der Waals surface area (Å²) >= 11 is 6.24. The van der Waals surface area contributed by atoms with E-state index < -0.39 is 11.6 Å². The highest BCUT2D eigenvalue weighted by molar-refractivity contribution is 6.50. The van der Waals surface area contributed by atoms with Gasteiger partial charge in [0.2, 0.25) is 11.6 Å². The van der Waals surface area contributed by atoms with Crippen LogP contribution < -0.4 is 0 Å². The van der Waals surface area contributed by atoms with E-state index in [9.17, 15) is 9.59 Å². The van der Waals surface area contributed by atoms with Crippen molar-refractivity contribution in [3.63, 3.8) is 0 Å². The lowest BCUT2D eigenvalue weighted by Crippen LogP contribution is -2.15. The molecular formula is C20H13ClO2.